The van der Waals surface area contributed by atoms with Gasteiger partial charge in [-0.05, 0) is 66.1 Å². The van der Waals surface area contributed by atoms with Gasteiger partial charge in [0, 0.05) is 11.0 Å². The zero-order chi connectivity index (χ0) is 18.7. The molecule has 26 heavy (non-hydrogen) atoms. The molecule has 0 bridgehead atoms. The highest BCUT2D eigenvalue weighted by molar-refractivity contribution is 6.08. The Morgan fingerprint density at radius 2 is 2.04 bits per heavy atom. The minimum absolute atomic E-state index is 0.0515. The quantitative estimate of drug-likeness (QED) is 0.723. The minimum Gasteiger partial charge on any atom is -0.516 e. The first-order valence-electron chi connectivity index (χ1n) is 9.52. The molecule has 2 fully saturated rings. The van der Waals surface area contributed by atoms with E-state index in [0.29, 0.717) is 23.3 Å². The van der Waals surface area contributed by atoms with E-state index in [1.54, 1.807) is 6.08 Å². The number of aliphatic hydroxyl groups excluding tert-OH is 1. The van der Waals surface area contributed by atoms with E-state index in [9.17, 15) is 19.8 Å². The van der Waals surface area contributed by atoms with Crippen LogP contribution in [-0.4, -0.2) is 22.0 Å². The van der Waals surface area contributed by atoms with E-state index in [-0.39, 0.29) is 23.0 Å². The Hall–Kier alpha value is -2.10. The molecule has 2 saturated carbocycles. The number of ketones is 1. The molecule has 0 unspecified atom stereocenters. The molecule has 0 aliphatic heterocycles. The lowest BCUT2D eigenvalue weighted by molar-refractivity contribution is -0.136. The maximum atomic E-state index is 12.3. The lowest BCUT2D eigenvalue weighted by atomic mass is 9.49. The van der Waals surface area contributed by atoms with Crippen molar-refractivity contribution in [3.63, 3.8) is 0 Å². The third-order valence-corrected chi connectivity index (χ3v) is 7.70. The lowest BCUT2D eigenvalue weighted by Crippen LogP contribution is -2.47. The number of rotatable bonds is 2. The number of hydrogen-bond donors (Lipinski definition) is 2. The molecule has 0 aromatic carbocycles. The van der Waals surface area contributed by atoms with Crippen molar-refractivity contribution in [1.82, 2.24) is 0 Å². The van der Waals surface area contributed by atoms with Gasteiger partial charge in [0.1, 0.15) is 0 Å². The van der Waals surface area contributed by atoms with Crippen LogP contribution in [0.1, 0.15) is 46.0 Å². The van der Waals surface area contributed by atoms with Crippen LogP contribution in [-0.2, 0) is 9.59 Å². The number of carbonyl (C=O) groups excluding carboxylic acids is 1. The van der Waals surface area contributed by atoms with Crippen molar-refractivity contribution in [2.75, 3.05) is 0 Å². The molecule has 4 rings (SSSR count). The number of aliphatic carboxylic acids is 1. The number of carboxylic acid groups (broad SMARTS) is 1. The van der Waals surface area contributed by atoms with Crippen molar-refractivity contribution in [3.8, 4) is 0 Å². The van der Waals surface area contributed by atoms with Crippen LogP contribution in [0.5, 0.6) is 0 Å². The second-order valence-corrected chi connectivity index (χ2v) is 8.74. The molecule has 4 nitrogen and oxygen atoms in total. The van der Waals surface area contributed by atoms with Crippen LogP contribution in [0.4, 0.5) is 0 Å². The van der Waals surface area contributed by atoms with Crippen LogP contribution in [0.25, 0.3) is 0 Å². The molecule has 4 heteroatoms. The number of fused-ring (bicyclic) bond motifs is 5. The van der Waals surface area contributed by atoms with Crippen LogP contribution < -0.4 is 0 Å². The fourth-order valence-corrected chi connectivity index (χ4v) is 6.27. The first-order chi connectivity index (χ1) is 12.3. The zero-order valence-electron chi connectivity index (χ0n) is 15.4. The van der Waals surface area contributed by atoms with Gasteiger partial charge >= 0.3 is 5.97 Å². The molecule has 2 N–H and O–H groups in total. The van der Waals surface area contributed by atoms with Crippen molar-refractivity contribution in [2.45, 2.75) is 46.0 Å². The molecular formula is C22H26O4. The Labute approximate surface area is 154 Å². The Kier molecular flexibility index (Phi) is 3.80. The number of hydrogen-bond acceptors (Lipinski definition) is 3. The normalized spacial score (nSPS) is 42.6. The summed E-state index contributed by atoms with van der Waals surface area (Å²) in [6, 6.07) is 0. The van der Waals surface area contributed by atoms with Gasteiger partial charge in [0.05, 0.1) is 12.7 Å². The fourth-order valence-electron chi connectivity index (χ4n) is 6.27. The van der Waals surface area contributed by atoms with Crippen molar-refractivity contribution in [3.05, 3.63) is 47.3 Å². The monoisotopic (exact) mass is 354 g/mol. The Morgan fingerprint density at radius 3 is 2.73 bits per heavy atom. The number of carboxylic acids is 1. The first-order valence-corrected chi connectivity index (χ1v) is 9.52. The molecule has 0 aromatic heterocycles. The smallest absolute Gasteiger partial charge is 0.307 e. The van der Waals surface area contributed by atoms with Crippen LogP contribution >= 0.6 is 0 Å². The second kappa shape index (κ2) is 5.70. The van der Waals surface area contributed by atoms with Gasteiger partial charge in [-0.1, -0.05) is 32.1 Å². The highest BCUT2D eigenvalue weighted by Gasteiger charge is 2.56. The average Bonchev–Trinajstić information content (AvgIpc) is 2.94. The second-order valence-electron chi connectivity index (χ2n) is 8.74. The number of allylic oxidation sites excluding steroid dienone is 6. The summed E-state index contributed by atoms with van der Waals surface area (Å²) in [5.74, 6) is 0.118. The van der Waals surface area contributed by atoms with E-state index in [0.717, 1.165) is 31.3 Å². The van der Waals surface area contributed by atoms with Gasteiger partial charge in [-0.15, -0.1) is 0 Å². The van der Waals surface area contributed by atoms with E-state index in [1.807, 2.05) is 12.2 Å². The van der Waals surface area contributed by atoms with Crippen LogP contribution in [0.15, 0.2) is 47.3 Å². The van der Waals surface area contributed by atoms with Gasteiger partial charge < -0.3 is 10.2 Å². The molecule has 0 saturated heterocycles. The molecule has 138 valence electrons. The number of carbonyl (C=O) groups is 2. The van der Waals surface area contributed by atoms with E-state index in [1.165, 1.54) is 11.8 Å². The molecule has 0 amide bonds. The SMILES string of the molecule is C[C@]12C=CC(=O)C(CC(=O)O)=C1C=C[C@@H]1[C@@H]2CC[C@]2(C)C(=CO)CC[C@@H]12. The van der Waals surface area contributed by atoms with Gasteiger partial charge in [0.15, 0.2) is 5.78 Å². The molecule has 0 heterocycles. The Balaban J connectivity index is 1.79. The van der Waals surface area contributed by atoms with Crippen LogP contribution in [0, 0.1) is 28.6 Å². The predicted molar refractivity (Wildman–Crippen MR) is 98.4 cm³/mol. The number of aliphatic hydroxyl groups is 1. The summed E-state index contributed by atoms with van der Waals surface area (Å²) < 4.78 is 0. The van der Waals surface area contributed by atoms with Gasteiger partial charge in [-0.2, -0.15) is 0 Å². The summed E-state index contributed by atoms with van der Waals surface area (Å²) in [5, 5.41) is 18.9. The molecule has 0 aromatic rings. The third-order valence-electron chi connectivity index (χ3n) is 7.70. The standard InChI is InChI=1S/C22H26O4/c1-21-9-7-18-14(16(21)5-3-13(21)12-23)4-6-17-15(11-20(25)26)19(24)8-10-22(17,18)2/h4,6,8,10,12,14,16,18,23H,3,5,7,9,11H2,1-2H3,(H,25,26)/t14-,16-,18-,21+,22-/m0/s1. The highest BCUT2D eigenvalue weighted by atomic mass is 16.4. The van der Waals surface area contributed by atoms with Gasteiger partial charge in [0.25, 0.3) is 0 Å². The van der Waals surface area contributed by atoms with E-state index < -0.39 is 5.97 Å². The van der Waals surface area contributed by atoms with Crippen molar-refractivity contribution >= 4 is 11.8 Å². The summed E-state index contributed by atoms with van der Waals surface area (Å²) >= 11 is 0. The Morgan fingerprint density at radius 1 is 1.27 bits per heavy atom. The topological polar surface area (TPSA) is 74.6 Å². The maximum Gasteiger partial charge on any atom is 0.307 e. The maximum absolute atomic E-state index is 12.3. The van der Waals surface area contributed by atoms with Gasteiger partial charge in [-0.25, -0.2) is 0 Å². The molecule has 4 aliphatic rings. The third kappa shape index (κ3) is 2.20. The first kappa shape index (κ1) is 17.3. The lowest BCUT2D eigenvalue weighted by Gasteiger charge is -2.54. The van der Waals surface area contributed by atoms with Gasteiger partial charge in [-0.3, -0.25) is 9.59 Å². The summed E-state index contributed by atoms with van der Waals surface area (Å²) in [4.78, 5) is 23.6. The van der Waals surface area contributed by atoms with Crippen molar-refractivity contribution < 1.29 is 19.8 Å². The summed E-state index contributed by atoms with van der Waals surface area (Å²) in [6.45, 7) is 4.44. The molecule has 4 aliphatic carbocycles. The van der Waals surface area contributed by atoms with Crippen LogP contribution in [0.3, 0.4) is 0 Å². The molecule has 0 spiro atoms. The van der Waals surface area contributed by atoms with E-state index in [2.05, 4.69) is 19.9 Å². The van der Waals surface area contributed by atoms with E-state index in [4.69, 9.17) is 0 Å². The average molecular weight is 354 g/mol. The predicted octanol–water partition coefficient (Wildman–Crippen LogP) is 4.36. The summed E-state index contributed by atoms with van der Waals surface area (Å²) in [5.41, 5.74) is 2.27. The molecular weight excluding hydrogens is 328 g/mol. The molecule has 0 radical (unpaired) electrons. The summed E-state index contributed by atoms with van der Waals surface area (Å²) in [7, 11) is 0. The van der Waals surface area contributed by atoms with Crippen molar-refractivity contribution in [2.24, 2.45) is 28.6 Å². The van der Waals surface area contributed by atoms with E-state index >= 15 is 0 Å². The minimum atomic E-state index is -0.959. The zero-order valence-corrected chi connectivity index (χ0v) is 15.4. The summed E-state index contributed by atoms with van der Waals surface area (Å²) in [6.07, 6.45) is 13.0. The Bertz CT molecular complexity index is 799. The van der Waals surface area contributed by atoms with Crippen LogP contribution in [0.2, 0.25) is 0 Å². The van der Waals surface area contributed by atoms with Gasteiger partial charge in [0.2, 0.25) is 0 Å². The van der Waals surface area contributed by atoms with Crippen molar-refractivity contribution in [1.29, 1.82) is 0 Å². The largest absolute Gasteiger partial charge is 0.516 e. The fraction of sp³-hybridized carbons (Fsp3) is 0.545. The highest BCUT2D eigenvalue weighted by Crippen LogP contribution is 2.64. The molecule has 5 atom stereocenters.